The summed E-state index contributed by atoms with van der Waals surface area (Å²) in [5.74, 6) is -0.556. The number of aryl methyl sites for hydroxylation is 1. The van der Waals surface area contributed by atoms with Gasteiger partial charge in [-0.05, 0) is 70.9 Å². The predicted molar refractivity (Wildman–Crippen MR) is 158 cm³/mol. The van der Waals surface area contributed by atoms with E-state index in [1.165, 1.54) is 17.1 Å². The number of amides is 1. The van der Waals surface area contributed by atoms with Crippen molar-refractivity contribution in [2.75, 3.05) is 19.9 Å². The number of nitrogens with one attached hydrogen (secondary N) is 1. The van der Waals surface area contributed by atoms with Gasteiger partial charge in [0.15, 0.2) is 5.69 Å². The maximum atomic E-state index is 13.5. The molecule has 1 aromatic heterocycles. The van der Waals surface area contributed by atoms with Gasteiger partial charge in [0.2, 0.25) is 5.28 Å². The van der Waals surface area contributed by atoms with Crippen molar-refractivity contribution in [3.8, 4) is 16.9 Å². The number of halogens is 3. The third-order valence-corrected chi connectivity index (χ3v) is 8.24. The predicted octanol–water partition coefficient (Wildman–Crippen LogP) is 5.10. The van der Waals surface area contributed by atoms with Crippen LogP contribution in [0.2, 0.25) is 0 Å². The second-order valence-electron chi connectivity index (χ2n) is 11.6. The van der Waals surface area contributed by atoms with E-state index in [1.807, 2.05) is 6.92 Å². The second kappa shape index (κ2) is 13.9. The Morgan fingerprint density at radius 1 is 1.09 bits per heavy atom. The third kappa shape index (κ3) is 8.90. The summed E-state index contributed by atoms with van der Waals surface area (Å²) in [6.07, 6.45) is -5.07. The van der Waals surface area contributed by atoms with Crippen molar-refractivity contribution in [3.05, 3.63) is 71.1 Å². The number of rotatable bonds is 10. The minimum atomic E-state index is -4.72. The Morgan fingerprint density at radius 2 is 1.74 bits per heavy atom. The van der Waals surface area contributed by atoms with Crippen LogP contribution in [-0.4, -0.2) is 66.2 Å². The first-order valence-electron chi connectivity index (χ1n) is 14.2. The average Bonchev–Trinajstić information content (AvgIpc) is 3.66. The van der Waals surface area contributed by atoms with E-state index in [2.05, 4.69) is 10.4 Å². The van der Waals surface area contributed by atoms with Crippen molar-refractivity contribution < 1.29 is 50.5 Å². The van der Waals surface area contributed by atoms with Crippen LogP contribution in [-0.2, 0) is 35.3 Å². The van der Waals surface area contributed by atoms with Crippen molar-refractivity contribution in [3.63, 3.8) is 0 Å². The number of sulfonamides is 1. The molecule has 0 saturated carbocycles. The molecule has 1 saturated heterocycles. The number of hydrazine groups is 1. The van der Waals surface area contributed by atoms with Gasteiger partial charge in [-0.15, -0.1) is 5.01 Å². The lowest BCUT2D eigenvalue weighted by atomic mass is 9.98. The number of carbonyl (C=O) groups is 2. The second-order valence-corrected chi connectivity index (χ2v) is 13.3. The molecule has 3 aromatic rings. The number of alkyl halides is 3. The first-order chi connectivity index (χ1) is 22.0. The quantitative estimate of drug-likeness (QED) is 0.0759. The summed E-state index contributed by atoms with van der Waals surface area (Å²) in [4.78, 5) is 28.7. The van der Waals surface area contributed by atoms with Gasteiger partial charge in [0.25, 0.3) is 16.8 Å². The van der Waals surface area contributed by atoms with Crippen LogP contribution in [0.25, 0.3) is 16.9 Å². The first kappa shape index (κ1) is 35.0. The molecule has 2 heterocycles. The molecule has 1 aliphatic heterocycles. The van der Waals surface area contributed by atoms with Gasteiger partial charge in [-0.3, -0.25) is 4.79 Å². The van der Waals surface area contributed by atoms with Crippen molar-refractivity contribution in [2.24, 2.45) is 10.7 Å². The van der Waals surface area contributed by atoms with Gasteiger partial charge in [0.1, 0.15) is 12.6 Å². The number of carbonyl (C=O) groups excluding carboxylic acids is 2. The Labute approximate surface area is 268 Å². The van der Waals surface area contributed by atoms with Crippen LogP contribution in [0.3, 0.4) is 0 Å². The zero-order chi connectivity index (χ0) is 34.6. The summed E-state index contributed by atoms with van der Waals surface area (Å²) in [6.45, 7) is 6.04. The van der Waals surface area contributed by atoms with E-state index in [-0.39, 0.29) is 34.4 Å². The fourth-order valence-electron chi connectivity index (χ4n) is 4.41. The van der Waals surface area contributed by atoms with E-state index in [0.29, 0.717) is 18.4 Å². The summed E-state index contributed by atoms with van der Waals surface area (Å²) in [6, 6.07) is 11.7. The lowest BCUT2D eigenvalue weighted by Crippen LogP contribution is -2.40. The molecule has 1 amide bonds. The van der Waals surface area contributed by atoms with Crippen molar-refractivity contribution >= 4 is 22.1 Å². The van der Waals surface area contributed by atoms with Crippen LogP contribution in [0, 0.1) is 17.5 Å². The van der Waals surface area contributed by atoms with E-state index in [9.17, 15) is 36.4 Å². The van der Waals surface area contributed by atoms with Gasteiger partial charge in [0, 0.05) is 5.56 Å². The molecule has 0 spiro atoms. The van der Waals surface area contributed by atoms with E-state index < -0.39 is 52.2 Å². The molecular formula is C29H33F3N6O8S. The number of nitrogens with zero attached hydrogens (tertiary/aromatic N) is 5. The number of hydrogen-bond acceptors (Lipinski definition) is 10. The van der Waals surface area contributed by atoms with Gasteiger partial charge in [-0.1, -0.05) is 29.8 Å². The molecule has 47 heavy (non-hydrogen) atoms. The van der Waals surface area contributed by atoms with Crippen molar-refractivity contribution in [2.45, 2.75) is 57.7 Å². The Balaban J connectivity index is 1.38. The Kier molecular flexibility index (Phi) is 10.3. The number of esters is 1. The van der Waals surface area contributed by atoms with Crippen LogP contribution in [0.15, 0.2) is 64.8 Å². The molecule has 1 fully saturated rings. The Hall–Kier alpha value is -4.87. The normalized spacial score (nSPS) is 15.8. The van der Waals surface area contributed by atoms with Crippen LogP contribution in [0.1, 0.15) is 44.9 Å². The van der Waals surface area contributed by atoms with E-state index in [1.54, 1.807) is 49.8 Å². The third-order valence-electron chi connectivity index (χ3n) is 6.91. The Bertz CT molecular complexity index is 1720. The zero-order valence-electron chi connectivity index (χ0n) is 25.9. The van der Waals surface area contributed by atoms with Gasteiger partial charge in [0.05, 0.1) is 33.2 Å². The highest BCUT2D eigenvalue weighted by Crippen LogP contribution is 2.33. The van der Waals surface area contributed by atoms with Gasteiger partial charge in [-0.2, -0.15) is 18.3 Å². The summed E-state index contributed by atoms with van der Waals surface area (Å²) in [5.41, 5.74) is -0.256. The number of ether oxygens (including phenoxy) is 2. The summed E-state index contributed by atoms with van der Waals surface area (Å²) in [7, 11) is -4.45. The summed E-state index contributed by atoms with van der Waals surface area (Å²) < 4.78 is 79.0. The molecule has 4 rings (SSSR count). The van der Waals surface area contributed by atoms with Gasteiger partial charge < -0.3 is 19.5 Å². The molecule has 254 valence electrons. The smallest absolute Gasteiger partial charge is 0.435 e. The molecule has 0 unspecified atom stereocenters. The largest absolute Gasteiger partial charge is 0.569 e. The standard InChI is InChI=1S/C29H33F3N6O8S/c1-19-7-9-20(10-8-19)24-16-25(29(30,31)32)33-37(24)21-11-13-23(14-12-21)47(42,43)34-27(40)44-17-22-6-5-15-36(22)38(41)35-46-18-45-26(39)28(2,3)4/h7-14,16,22H,5-6,15,17-18H2,1-4H3,(H,34,40)/t22-/m0/s1. The van der Waals surface area contributed by atoms with E-state index >= 15 is 0 Å². The lowest BCUT2D eigenvalue weighted by Gasteiger charge is -2.20. The summed E-state index contributed by atoms with van der Waals surface area (Å²) >= 11 is 0. The molecule has 14 nitrogen and oxygen atoms in total. The fraction of sp³-hybridized carbons (Fsp3) is 0.414. The minimum Gasteiger partial charge on any atom is -0.569 e. The van der Waals surface area contributed by atoms with Gasteiger partial charge >= 0.3 is 18.2 Å². The SMILES string of the molecule is Cc1ccc(-c2cc(C(F)(F)F)nn2-c2ccc(S(=O)(=O)NC(=O)OC[C@@H]3CCCN3[N+]([O-])=NOCOC(=O)C(C)(C)C)cc2)cc1. The highest BCUT2D eigenvalue weighted by atomic mass is 32.2. The van der Waals surface area contributed by atoms with Crippen LogP contribution >= 0.6 is 0 Å². The molecule has 18 heteroatoms. The Morgan fingerprint density at radius 3 is 2.36 bits per heavy atom. The maximum absolute atomic E-state index is 13.5. The molecule has 0 aliphatic carbocycles. The molecule has 1 N–H and O–H groups in total. The monoisotopic (exact) mass is 682 g/mol. The first-order valence-corrected chi connectivity index (χ1v) is 15.7. The number of hydrogen-bond donors (Lipinski definition) is 1. The van der Waals surface area contributed by atoms with Gasteiger partial charge in [-0.25, -0.2) is 22.6 Å². The zero-order valence-corrected chi connectivity index (χ0v) is 26.7. The van der Waals surface area contributed by atoms with E-state index in [0.717, 1.165) is 28.4 Å². The highest BCUT2D eigenvalue weighted by Gasteiger charge is 2.36. The van der Waals surface area contributed by atoms with Crippen LogP contribution < -0.4 is 4.72 Å². The van der Waals surface area contributed by atoms with Crippen LogP contribution in [0.5, 0.6) is 0 Å². The molecule has 1 atom stereocenters. The van der Waals surface area contributed by atoms with E-state index in [4.69, 9.17) is 14.3 Å². The van der Waals surface area contributed by atoms with Crippen molar-refractivity contribution in [1.29, 1.82) is 0 Å². The number of benzene rings is 2. The summed E-state index contributed by atoms with van der Waals surface area (Å²) in [5, 5.41) is 20.6. The lowest BCUT2D eigenvalue weighted by molar-refractivity contribution is -0.715. The molecule has 0 bridgehead atoms. The maximum Gasteiger partial charge on any atom is 0.435 e. The highest BCUT2D eigenvalue weighted by molar-refractivity contribution is 7.90. The molecule has 0 radical (unpaired) electrons. The minimum absolute atomic E-state index is 0.129. The van der Waals surface area contributed by atoms with Crippen LogP contribution in [0.4, 0.5) is 18.0 Å². The molecule has 2 aromatic carbocycles. The fourth-order valence-corrected chi connectivity index (χ4v) is 5.30. The van der Waals surface area contributed by atoms with Crippen molar-refractivity contribution in [1.82, 2.24) is 19.5 Å². The molecular weight excluding hydrogens is 649 g/mol. The topological polar surface area (TPSA) is 167 Å². The number of aromatic nitrogens is 2. The molecule has 1 aliphatic rings. The average molecular weight is 683 g/mol.